The van der Waals surface area contributed by atoms with Crippen molar-refractivity contribution in [2.75, 3.05) is 12.0 Å². The van der Waals surface area contributed by atoms with E-state index in [4.69, 9.17) is 16.1 Å². The number of allylic oxidation sites excluding steroid dienone is 1. The molecular formula is C24H29ClN4O. The highest BCUT2D eigenvalue weighted by Gasteiger charge is 2.12. The van der Waals surface area contributed by atoms with Crippen LogP contribution < -0.4 is 10.9 Å². The number of hydrogen-bond donors (Lipinski definition) is 2. The lowest BCUT2D eigenvalue weighted by molar-refractivity contribution is 0.432. The van der Waals surface area contributed by atoms with Gasteiger partial charge in [-0.15, -0.1) is 0 Å². The molecule has 0 unspecified atom stereocenters. The van der Waals surface area contributed by atoms with Gasteiger partial charge >= 0.3 is 0 Å². The molecule has 1 aromatic heterocycles. The highest BCUT2D eigenvalue weighted by Crippen LogP contribution is 2.27. The lowest BCUT2D eigenvalue weighted by Gasteiger charge is -2.08. The second kappa shape index (κ2) is 11.0. The average molecular weight is 425 g/mol. The van der Waals surface area contributed by atoms with Gasteiger partial charge in [-0.25, -0.2) is 5.43 Å². The van der Waals surface area contributed by atoms with Crippen LogP contribution in [0.4, 0.5) is 5.69 Å². The van der Waals surface area contributed by atoms with E-state index in [1.54, 1.807) is 0 Å². The number of hydrogen-bond acceptors (Lipinski definition) is 5. The summed E-state index contributed by atoms with van der Waals surface area (Å²) in [5.74, 6) is 1.02. The number of hydrazine groups is 1. The van der Waals surface area contributed by atoms with Crippen LogP contribution in [0, 0.1) is 0 Å². The van der Waals surface area contributed by atoms with Crippen LogP contribution >= 0.6 is 11.6 Å². The minimum atomic E-state index is 0.485. The Labute approximate surface area is 183 Å². The Bertz CT molecular complexity index is 979. The van der Waals surface area contributed by atoms with Gasteiger partial charge in [0.15, 0.2) is 0 Å². The van der Waals surface area contributed by atoms with E-state index >= 15 is 0 Å². The molecule has 0 spiro atoms. The summed E-state index contributed by atoms with van der Waals surface area (Å²) in [7, 11) is 0. The first-order chi connectivity index (χ1) is 14.6. The molecular weight excluding hydrogens is 396 g/mol. The van der Waals surface area contributed by atoms with E-state index in [2.05, 4.69) is 47.8 Å². The molecule has 3 rings (SSSR count). The van der Waals surface area contributed by atoms with Crippen LogP contribution in [0.5, 0.6) is 0 Å². The van der Waals surface area contributed by atoms with E-state index in [0.29, 0.717) is 11.7 Å². The molecule has 3 aromatic rings. The van der Waals surface area contributed by atoms with Gasteiger partial charge in [-0.2, -0.15) is 4.98 Å². The second-order valence-corrected chi connectivity index (χ2v) is 7.72. The topological polar surface area (TPSA) is 63.0 Å². The van der Waals surface area contributed by atoms with Gasteiger partial charge in [0, 0.05) is 28.4 Å². The van der Waals surface area contributed by atoms with E-state index in [1.165, 1.54) is 5.57 Å². The second-order valence-electron chi connectivity index (χ2n) is 7.32. The van der Waals surface area contributed by atoms with Crippen LogP contribution in [0.1, 0.15) is 45.6 Å². The first-order valence-corrected chi connectivity index (χ1v) is 10.9. The predicted octanol–water partition coefficient (Wildman–Crippen LogP) is 6.67. The standard InChI is InChI=1S/C24H29ClN4O/c1-4-6-17(3)14-15-26-28-21-12-10-19(11-13-21)24-27-23(29-30-24)20-9-8-18(7-5-2)22(25)16-20/h6,8-13,16,26,28H,4-5,7,14-15H2,1-3H3/b17-6-. The SMILES string of the molecule is CC/C=C(/C)CCNNc1ccc(-c2nc(-c3ccc(CCC)c(Cl)c3)no2)cc1. The van der Waals surface area contributed by atoms with Gasteiger partial charge in [0.25, 0.3) is 5.89 Å². The van der Waals surface area contributed by atoms with Gasteiger partial charge in [0.2, 0.25) is 5.82 Å². The molecule has 0 fully saturated rings. The number of anilines is 1. The molecule has 0 radical (unpaired) electrons. The van der Waals surface area contributed by atoms with Crippen LogP contribution in [0.15, 0.2) is 58.6 Å². The quantitative estimate of drug-likeness (QED) is 0.216. The summed E-state index contributed by atoms with van der Waals surface area (Å²) < 4.78 is 5.46. The zero-order valence-corrected chi connectivity index (χ0v) is 18.6. The van der Waals surface area contributed by atoms with Gasteiger partial charge < -0.3 is 9.95 Å². The predicted molar refractivity (Wildman–Crippen MR) is 124 cm³/mol. The van der Waals surface area contributed by atoms with Crippen molar-refractivity contribution >= 4 is 17.3 Å². The number of halogens is 1. The summed E-state index contributed by atoms with van der Waals surface area (Å²) >= 11 is 6.38. The Hall–Kier alpha value is -2.63. The number of nitrogens with zero attached hydrogens (tertiary/aromatic N) is 2. The van der Waals surface area contributed by atoms with Crippen LogP contribution in [0.3, 0.4) is 0 Å². The highest BCUT2D eigenvalue weighted by atomic mass is 35.5. The Kier molecular flexibility index (Phi) is 8.05. The van der Waals surface area contributed by atoms with Crippen molar-refractivity contribution in [3.05, 3.63) is 64.7 Å². The largest absolute Gasteiger partial charge is 0.334 e. The minimum Gasteiger partial charge on any atom is -0.334 e. The van der Waals surface area contributed by atoms with Crippen molar-refractivity contribution in [2.24, 2.45) is 0 Å². The molecule has 30 heavy (non-hydrogen) atoms. The van der Waals surface area contributed by atoms with E-state index in [1.807, 2.05) is 42.5 Å². The third-order valence-electron chi connectivity index (χ3n) is 4.82. The Morgan fingerprint density at radius 2 is 1.87 bits per heavy atom. The molecule has 0 bridgehead atoms. The molecule has 2 N–H and O–H groups in total. The van der Waals surface area contributed by atoms with Gasteiger partial charge in [0.1, 0.15) is 0 Å². The van der Waals surface area contributed by atoms with E-state index in [0.717, 1.165) is 59.6 Å². The van der Waals surface area contributed by atoms with Crippen molar-refractivity contribution in [3.63, 3.8) is 0 Å². The number of aryl methyl sites for hydroxylation is 1. The maximum Gasteiger partial charge on any atom is 0.258 e. The molecule has 6 heteroatoms. The first kappa shape index (κ1) is 22.1. The molecule has 158 valence electrons. The summed E-state index contributed by atoms with van der Waals surface area (Å²) in [6, 6.07) is 13.8. The molecule has 0 saturated heterocycles. The summed E-state index contributed by atoms with van der Waals surface area (Å²) in [4.78, 5) is 4.53. The molecule has 0 atom stereocenters. The van der Waals surface area contributed by atoms with E-state index in [9.17, 15) is 0 Å². The molecule has 0 saturated carbocycles. The van der Waals surface area contributed by atoms with Crippen LogP contribution in [-0.2, 0) is 6.42 Å². The molecule has 0 aliphatic carbocycles. The van der Waals surface area contributed by atoms with Crippen LogP contribution in [0.25, 0.3) is 22.8 Å². The number of benzene rings is 2. The van der Waals surface area contributed by atoms with Gasteiger partial charge in [-0.1, -0.05) is 60.8 Å². The molecule has 5 nitrogen and oxygen atoms in total. The lowest BCUT2D eigenvalue weighted by atomic mass is 10.1. The fraction of sp³-hybridized carbons (Fsp3) is 0.333. The lowest BCUT2D eigenvalue weighted by Crippen LogP contribution is -2.22. The number of rotatable bonds is 10. The Morgan fingerprint density at radius 1 is 1.10 bits per heavy atom. The monoisotopic (exact) mass is 424 g/mol. The third-order valence-corrected chi connectivity index (χ3v) is 5.17. The van der Waals surface area contributed by atoms with Crippen molar-refractivity contribution in [1.82, 2.24) is 15.6 Å². The van der Waals surface area contributed by atoms with E-state index < -0.39 is 0 Å². The highest BCUT2D eigenvalue weighted by molar-refractivity contribution is 6.31. The third kappa shape index (κ3) is 5.94. The molecule has 1 heterocycles. The number of nitrogens with one attached hydrogen (secondary N) is 2. The maximum absolute atomic E-state index is 6.38. The van der Waals surface area contributed by atoms with Crippen molar-refractivity contribution in [2.45, 2.75) is 46.5 Å². The molecule has 0 aliphatic rings. The summed E-state index contributed by atoms with van der Waals surface area (Å²) in [5.41, 5.74) is 11.7. The Morgan fingerprint density at radius 3 is 2.57 bits per heavy atom. The van der Waals surface area contributed by atoms with Crippen molar-refractivity contribution in [3.8, 4) is 22.8 Å². The molecule has 2 aromatic carbocycles. The first-order valence-electron chi connectivity index (χ1n) is 10.5. The van der Waals surface area contributed by atoms with Crippen LogP contribution in [0.2, 0.25) is 5.02 Å². The van der Waals surface area contributed by atoms with Crippen molar-refractivity contribution in [1.29, 1.82) is 0 Å². The van der Waals surface area contributed by atoms with Crippen LogP contribution in [-0.4, -0.2) is 16.7 Å². The summed E-state index contributed by atoms with van der Waals surface area (Å²) in [5, 5.41) is 4.86. The summed E-state index contributed by atoms with van der Waals surface area (Å²) in [6.07, 6.45) is 6.37. The fourth-order valence-electron chi connectivity index (χ4n) is 3.19. The van der Waals surface area contributed by atoms with Gasteiger partial charge in [-0.3, -0.25) is 0 Å². The number of aromatic nitrogens is 2. The minimum absolute atomic E-state index is 0.485. The molecule has 0 aliphatic heterocycles. The zero-order chi connectivity index (χ0) is 21.3. The summed E-state index contributed by atoms with van der Waals surface area (Å²) in [6.45, 7) is 7.32. The normalized spacial score (nSPS) is 11.7. The van der Waals surface area contributed by atoms with E-state index in [-0.39, 0.29) is 0 Å². The molecule has 0 amide bonds. The van der Waals surface area contributed by atoms with Gasteiger partial charge in [0.05, 0.1) is 0 Å². The maximum atomic E-state index is 6.38. The van der Waals surface area contributed by atoms with Crippen molar-refractivity contribution < 1.29 is 4.52 Å². The fourth-order valence-corrected chi connectivity index (χ4v) is 3.46. The Balaban J connectivity index is 1.60. The smallest absolute Gasteiger partial charge is 0.258 e. The average Bonchev–Trinajstić information content (AvgIpc) is 3.24. The van der Waals surface area contributed by atoms with Gasteiger partial charge in [-0.05, 0) is 62.1 Å². The zero-order valence-electron chi connectivity index (χ0n) is 17.8.